The highest BCUT2D eigenvalue weighted by Crippen LogP contribution is 2.22. The van der Waals surface area contributed by atoms with Crippen LogP contribution in [0, 0.1) is 0 Å². The molecule has 0 radical (unpaired) electrons. The molecule has 2 N–H and O–H groups in total. The molecule has 2 aromatic heterocycles. The zero-order valence-corrected chi connectivity index (χ0v) is 16.2. The van der Waals surface area contributed by atoms with Gasteiger partial charge in [0.25, 0.3) is 0 Å². The van der Waals surface area contributed by atoms with Gasteiger partial charge < -0.3 is 10.6 Å². The summed E-state index contributed by atoms with van der Waals surface area (Å²) in [5, 5.41) is 10.1. The van der Waals surface area contributed by atoms with Crippen LogP contribution in [0.2, 0.25) is 0 Å². The topological polar surface area (TPSA) is 88.9 Å². The zero-order chi connectivity index (χ0) is 20.5. The van der Waals surface area contributed by atoms with E-state index in [4.69, 9.17) is 5.10 Å². The molecule has 1 aromatic carbocycles. The van der Waals surface area contributed by atoms with E-state index in [1.165, 1.54) is 13.0 Å². The summed E-state index contributed by atoms with van der Waals surface area (Å²) in [6.07, 6.45) is 8.58. The number of nitrogens with zero attached hydrogens (tertiary/aromatic N) is 3. The minimum atomic E-state index is -0.233. The molecule has 7 heteroatoms. The van der Waals surface area contributed by atoms with Gasteiger partial charge in [-0.3, -0.25) is 19.3 Å². The molecule has 3 aromatic rings. The first-order valence-electron chi connectivity index (χ1n) is 9.34. The fourth-order valence-electron chi connectivity index (χ4n) is 2.79. The molecule has 0 unspecified atom stereocenters. The van der Waals surface area contributed by atoms with E-state index in [1.54, 1.807) is 18.5 Å². The Morgan fingerprint density at radius 1 is 1.07 bits per heavy atom. The van der Waals surface area contributed by atoms with E-state index in [9.17, 15) is 9.59 Å². The van der Waals surface area contributed by atoms with Crippen LogP contribution in [-0.2, 0) is 16.1 Å². The summed E-state index contributed by atoms with van der Waals surface area (Å²) in [5.74, 6) is -0.356. The molecule has 2 heterocycles. The van der Waals surface area contributed by atoms with Crippen LogP contribution in [0.5, 0.6) is 0 Å². The number of amides is 2. The van der Waals surface area contributed by atoms with Crippen LogP contribution < -0.4 is 10.6 Å². The molecular formula is C22H23N5O2. The van der Waals surface area contributed by atoms with Crippen molar-refractivity contribution in [1.82, 2.24) is 25.4 Å². The molecule has 0 fully saturated rings. The molecule has 0 spiro atoms. The second-order valence-electron chi connectivity index (χ2n) is 6.47. The second kappa shape index (κ2) is 9.98. The van der Waals surface area contributed by atoms with Crippen molar-refractivity contribution in [2.24, 2.45) is 0 Å². The van der Waals surface area contributed by atoms with Crippen LogP contribution in [0.4, 0.5) is 0 Å². The SMILES string of the molecule is CC(=O)NCCNC(=O)C=Cc1cn(Cc2ccccc2)nc1-c1cccnc1. The molecule has 29 heavy (non-hydrogen) atoms. The van der Waals surface area contributed by atoms with Crippen LogP contribution in [0.15, 0.2) is 67.1 Å². The molecular weight excluding hydrogens is 366 g/mol. The molecule has 0 saturated heterocycles. The molecule has 0 aliphatic rings. The first-order valence-corrected chi connectivity index (χ1v) is 9.34. The van der Waals surface area contributed by atoms with E-state index < -0.39 is 0 Å². The van der Waals surface area contributed by atoms with Crippen molar-refractivity contribution in [3.05, 3.63) is 78.3 Å². The van der Waals surface area contributed by atoms with Crippen molar-refractivity contribution in [1.29, 1.82) is 0 Å². The molecule has 2 amide bonds. The fourth-order valence-corrected chi connectivity index (χ4v) is 2.79. The number of carbonyl (C=O) groups is 2. The molecule has 148 valence electrons. The Balaban J connectivity index is 1.75. The quantitative estimate of drug-likeness (QED) is 0.457. The third-order valence-electron chi connectivity index (χ3n) is 4.12. The van der Waals surface area contributed by atoms with Gasteiger partial charge in [0.15, 0.2) is 0 Å². The smallest absolute Gasteiger partial charge is 0.244 e. The van der Waals surface area contributed by atoms with Gasteiger partial charge in [0, 0.05) is 55.8 Å². The van der Waals surface area contributed by atoms with E-state index in [1.807, 2.05) is 53.3 Å². The molecule has 7 nitrogen and oxygen atoms in total. The van der Waals surface area contributed by atoms with Crippen LogP contribution in [0.3, 0.4) is 0 Å². The molecule has 0 atom stereocenters. The third-order valence-corrected chi connectivity index (χ3v) is 4.12. The standard InChI is InChI=1S/C22H23N5O2/c1-17(28)24-12-13-25-21(29)10-9-20-16-27(15-18-6-3-2-4-7-18)26-22(20)19-8-5-11-23-14-19/h2-11,14,16H,12-13,15H2,1H3,(H,24,28)(H,25,29). The largest absolute Gasteiger partial charge is 0.355 e. The Morgan fingerprint density at radius 2 is 1.86 bits per heavy atom. The van der Waals surface area contributed by atoms with Gasteiger partial charge in [-0.05, 0) is 23.8 Å². The van der Waals surface area contributed by atoms with Crippen LogP contribution >= 0.6 is 0 Å². The number of hydrogen-bond acceptors (Lipinski definition) is 4. The van der Waals surface area contributed by atoms with Gasteiger partial charge in [-0.2, -0.15) is 5.10 Å². The van der Waals surface area contributed by atoms with Crippen molar-refractivity contribution < 1.29 is 9.59 Å². The Bertz CT molecular complexity index is 981. The number of carbonyl (C=O) groups excluding carboxylic acids is 2. The Kier molecular flexibility index (Phi) is 6.89. The summed E-state index contributed by atoms with van der Waals surface area (Å²) in [4.78, 5) is 27.1. The number of rotatable bonds is 8. The Hall–Kier alpha value is -3.74. The Morgan fingerprint density at radius 3 is 2.59 bits per heavy atom. The molecule has 3 rings (SSSR count). The van der Waals surface area contributed by atoms with Crippen molar-refractivity contribution in [3.8, 4) is 11.3 Å². The van der Waals surface area contributed by atoms with E-state index >= 15 is 0 Å². The highest BCUT2D eigenvalue weighted by atomic mass is 16.2. The van der Waals surface area contributed by atoms with E-state index in [0.717, 1.165) is 22.4 Å². The lowest BCUT2D eigenvalue weighted by Crippen LogP contribution is -2.32. The van der Waals surface area contributed by atoms with E-state index in [2.05, 4.69) is 15.6 Å². The first kappa shape index (κ1) is 20.0. The maximum absolute atomic E-state index is 12.1. The van der Waals surface area contributed by atoms with Crippen molar-refractivity contribution in [2.45, 2.75) is 13.5 Å². The first-order chi connectivity index (χ1) is 14.1. The van der Waals surface area contributed by atoms with Crippen LogP contribution in [0.25, 0.3) is 17.3 Å². The number of benzene rings is 1. The molecule has 0 aliphatic carbocycles. The number of aromatic nitrogens is 3. The minimum Gasteiger partial charge on any atom is -0.355 e. The second-order valence-corrected chi connectivity index (χ2v) is 6.47. The van der Waals surface area contributed by atoms with Crippen LogP contribution in [0.1, 0.15) is 18.1 Å². The summed E-state index contributed by atoms with van der Waals surface area (Å²) in [6.45, 7) is 2.83. The van der Waals surface area contributed by atoms with Gasteiger partial charge in [0.2, 0.25) is 11.8 Å². The zero-order valence-electron chi connectivity index (χ0n) is 16.2. The predicted octanol–water partition coefficient (Wildman–Crippen LogP) is 2.26. The van der Waals surface area contributed by atoms with Gasteiger partial charge >= 0.3 is 0 Å². The van der Waals surface area contributed by atoms with Crippen LogP contribution in [-0.4, -0.2) is 39.7 Å². The van der Waals surface area contributed by atoms with Gasteiger partial charge in [0.1, 0.15) is 5.69 Å². The number of hydrogen-bond donors (Lipinski definition) is 2. The molecule has 0 bridgehead atoms. The lowest BCUT2D eigenvalue weighted by molar-refractivity contribution is -0.119. The average Bonchev–Trinajstić information content (AvgIpc) is 3.13. The average molecular weight is 389 g/mol. The summed E-state index contributed by atoms with van der Waals surface area (Å²) < 4.78 is 1.85. The van der Waals surface area contributed by atoms with Gasteiger partial charge in [-0.25, -0.2) is 0 Å². The number of pyridine rings is 1. The number of nitrogens with one attached hydrogen (secondary N) is 2. The van der Waals surface area contributed by atoms with Crippen molar-refractivity contribution >= 4 is 17.9 Å². The summed E-state index contributed by atoms with van der Waals surface area (Å²) in [7, 11) is 0. The fraction of sp³-hybridized carbons (Fsp3) is 0.182. The summed E-state index contributed by atoms with van der Waals surface area (Å²) in [5.41, 5.74) is 3.60. The summed E-state index contributed by atoms with van der Waals surface area (Å²) >= 11 is 0. The Labute approximate surface area is 169 Å². The maximum atomic E-state index is 12.1. The van der Waals surface area contributed by atoms with Crippen molar-refractivity contribution in [3.63, 3.8) is 0 Å². The van der Waals surface area contributed by atoms with Gasteiger partial charge in [-0.15, -0.1) is 0 Å². The molecule has 0 aliphatic heterocycles. The highest BCUT2D eigenvalue weighted by molar-refractivity contribution is 5.92. The lowest BCUT2D eigenvalue weighted by Gasteiger charge is -2.02. The lowest BCUT2D eigenvalue weighted by atomic mass is 10.1. The van der Waals surface area contributed by atoms with Crippen molar-refractivity contribution in [2.75, 3.05) is 13.1 Å². The maximum Gasteiger partial charge on any atom is 0.244 e. The van der Waals surface area contributed by atoms with Gasteiger partial charge in [-0.1, -0.05) is 30.3 Å². The predicted molar refractivity (Wildman–Crippen MR) is 112 cm³/mol. The summed E-state index contributed by atoms with van der Waals surface area (Å²) in [6, 6.07) is 13.8. The highest BCUT2D eigenvalue weighted by Gasteiger charge is 2.10. The van der Waals surface area contributed by atoms with E-state index in [-0.39, 0.29) is 11.8 Å². The van der Waals surface area contributed by atoms with Gasteiger partial charge in [0.05, 0.1) is 6.54 Å². The van der Waals surface area contributed by atoms with E-state index in [0.29, 0.717) is 19.6 Å². The minimum absolute atomic E-state index is 0.123. The normalized spacial score (nSPS) is 10.8. The monoisotopic (exact) mass is 389 g/mol. The molecule has 0 saturated carbocycles. The third kappa shape index (κ3) is 6.14.